The normalized spacial score (nSPS) is 9.76. The van der Waals surface area contributed by atoms with E-state index in [-0.39, 0.29) is 0 Å². The van der Waals surface area contributed by atoms with Crippen molar-refractivity contribution >= 4 is 0 Å². The van der Waals surface area contributed by atoms with E-state index in [1.54, 1.807) is 0 Å². The molecule has 120 valence electrons. The van der Waals surface area contributed by atoms with Crippen molar-refractivity contribution in [3.63, 3.8) is 0 Å². The van der Waals surface area contributed by atoms with Crippen molar-refractivity contribution in [2.45, 2.75) is 71.1 Å². The number of hydrogen-bond donors (Lipinski definition) is 0. The van der Waals surface area contributed by atoms with Crippen molar-refractivity contribution in [3.05, 3.63) is 43.5 Å². The van der Waals surface area contributed by atoms with E-state index in [1.807, 2.05) is 30.3 Å². The van der Waals surface area contributed by atoms with Crippen LogP contribution in [0.3, 0.4) is 0 Å². The van der Waals surface area contributed by atoms with Gasteiger partial charge in [-0.2, -0.15) is 0 Å². The van der Waals surface area contributed by atoms with Crippen LogP contribution in [0.1, 0.15) is 71.1 Å². The van der Waals surface area contributed by atoms with E-state index >= 15 is 0 Å². The van der Waals surface area contributed by atoms with Crippen molar-refractivity contribution in [2.75, 3.05) is 6.61 Å². The van der Waals surface area contributed by atoms with Gasteiger partial charge in [-0.05, 0) is 18.6 Å². The highest BCUT2D eigenvalue weighted by atomic mass is 16.5. The van der Waals surface area contributed by atoms with Crippen LogP contribution in [0.4, 0.5) is 0 Å². The summed E-state index contributed by atoms with van der Waals surface area (Å²) in [6.07, 6.45) is 13.7. The van der Waals surface area contributed by atoms with Crippen LogP contribution in [-0.4, -0.2) is 6.61 Å². The van der Waals surface area contributed by atoms with Gasteiger partial charge in [0, 0.05) is 0 Å². The fourth-order valence-corrected chi connectivity index (χ4v) is 2.30. The second kappa shape index (κ2) is 16.8. The van der Waals surface area contributed by atoms with Gasteiger partial charge in [-0.25, -0.2) is 0 Å². The molecule has 0 aliphatic rings. The van der Waals surface area contributed by atoms with E-state index in [4.69, 9.17) is 4.74 Å². The molecule has 0 spiro atoms. The quantitative estimate of drug-likeness (QED) is 0.304. The van der Waals surface area contributed by atoms with Gasteiger partial charge in [0.15, 0.2) is 0 Å². The van der Waals surface area contributed by atoms with E-state index in [0.717, 1.165) is 12.4 Å². The van der Waals surface area contributed by atoms with Crippen LogP contribution in [0.15, 0.2) is 43.5 Å². The molecule has 1 aromatic carbocycles. The van der Waals surface area contributed by atoms with Gasteiger partial charge in [0.2, 0.25) is 0 Å². The maximum absolute atomic E-state index is 5.68. The molecule has 0 heterocycles. The van der Waals surface area contributed by atoms with Crippen molar-refractivity contribution in [1.82, 2.24) is 0 Å². The lowest BCUT2D eigenvalue weighted by molar-refractivity contribution is 0.304. The highest BCUT2D eigenvalue weighted by molar-refractivity contribution is 5.20. The molecule has 1 rings (SSSR count). The van der Waals surface area contributed by atoms with E-state index in [9.17, 15) is 0 Å². The van der Waals surface area contributed by atoms with Gasteiger partial charge in [0.1, 0.15) is 5.75 Å². The number of unbranched alkanes of at least 4 members (excludes halogenated alkanes) is 9. The topological polar surface area (TPSA) is 9.23 Å². The van der Waals surface area contributed by atoms with Crippen molar-refractivity contribution < 1.29 is 4.74 Å². The summed E-state index contributed by atoms with van der Waals surface area (Å²) in [6.45, 7) is 9.14. The standard InChI is InChI=1S/C18H30O.C2H4/c1-2-3-4-5-6-7-8-9-10-14-17-19-18-15-12-11-13-16-18;1-2/h11-13,15-16H,2-10,14,17H2,1H3;1-2H2. The molecule has 0 aliphatic heterocycles. The molecule has 0 amide bonds. The minimum Gasteiger partial charge on any atom is -0.494 e. The lowest BCUT2D eigenvalue weighted by Crippen LogP contribution is -1.96. The summed E-state index contributed by atoms with van der Waals surface area (Å²) in [6, 6.07) is 10.1. The summed E-state index contributed by atoms with van der Waals surface area (Å²) in [5, 5.41) is 0. The van der Waals surface area contributed by atoms with Gasteiger partial charge in [-0.1, -0.05) is 82.9 Å². The van der Waals surface area contributed by atoms with Gasteiger partial charge >= 0.3 is 0 Å². The third-order valence-electron chi connectivity index (χ3n) is 3.51. The third kappa shape index (κ3) is 13.5. The Bertz CT molecular complexity index is 294. The fraction of sp³-hybridized carbons (Fsp3) is 0.600. The maximum atomic E-state index is 5.68. The lowest BCUT2D eigenvalue weighted by Gasteiger charge is -2.05. The third-order valence-corrected chi connectivity index (χ3v) is 3.51. The summed E-state index contributed by atoms with van der Waals surface area (Å²) in [5.41, 5.74) is 0. The number of rotatable bonds is 12. The van der Waals surface area contributed by atoms with Crippen LogP contribution in [0.2, 0.25) is 0 Å². The number of ether oxygens (including phenoxy) is 1. The molecule has 0 saturated carbocycles. The Morgan fingerprint density at radius 3 is 1.71 bits per heavy atom. The zero-order chi connectivity index (χ0) is 15.6. The first-order chi connectivity index (χ1) is 10.4. The fourth-order valence-electron chi connectivity index (χ4n) is 2.30. The molecule has 1 heteroatoms. The molecular weight excluding hydrogens is 256 g/mol. The molecule has 0 unspecified atom stereocenters. The van der Waals surface area contributed by atoms with E-state index in [1.165, 1.54) is 64.2 Å². The zero-order valence-electron chi connectivity index (χ0n) is 14.0. The second-order valence-corrected chi connectivity index (χ2v) is 5.34. The molecule has 21 heavy (non-hydrogen) atoms. The molecule has 0 bridgehead atoms. The van der Waals surface area contributed by atoms with Crippen LogP contribution in [0, 0.1) is 0 Å². The Hall–Kier alpha value is -1.24. The molecule has 1 nitrogen and oxygen atoms in total. The highest BCUT2D eigenvalue weighted by Crippen LogP contribution is 2.12. The number of para-hydroxylation sites is 1. The molecular formula is C20H34O. The molecule has 0 fully saturated rings. The first-order valence-corrected chi connectivity index (χ1v) is 8.61. The predicted molar refractivity (Wildman–Crippen MR) is 95.0 cm³/mol. The molecule has 0 aromatic heterocycles. The average Bonchev–Trinajstić information content (AvgIpc) is 2.55. The molecule has 0 aliphatic carbocycles. The predicted octanol–water partition coefficient (Wildman–Crippen LogP) is 6.79. The summed E-state index contributed by atoms with van der Waals surface area (Å²) >= 11 is 0. The van der Waals surface area contributed by atoms with Gasteiger partial charge in [0.05, 0.1) is 6.61 Å². The first kappa shape index (κ1) is 19.8. The Balaban J connectivity index is 0.00000191. The van der Waals surface area contributed by atoms with Crippen molar-refractivity contribution in [1.29, 1.82) is 0 Å². The minimum absolute atomic E-state index is 0.862. The van der Waals surface area contributed by atoms with Crippen LogP contribution in [0.5, 0.6) is 5.75 Å². The summed E-state index contributed by atoms with van der Waals surface area (Å²) < 4.78 is 5.68. The Morgan fingerprint density at radius 2 is 1.19 bits per heavy atom. The van der Waals surface area contributed by atoms with Crippen LogP contribution < -0.4 is 4.74 Å². The molecule has 1 aromatic rings. The molecule has 0 N–H and O–H groups in total. The van der Waals surface area contributed by atoms with E-state index < -0.39 is 0 Å². The van der Waals surface area contributed by atoms with Gasteiger partial charge in [0.25, 0.3) is 0 Å². The zero-order valence-corrected chi connectivity index (χ0v) is 14.0. The molecule has 0 saturated heterocycles. The SMILES string of the molecule is C=C.CCCCCCCCCCCCOc1ccccc1. The number of benzene rings is 1. The number of hydrogen-bond acceptors (Lipinski definition) is 1. The van der Waals surface area contributed by atoms with Crippen LogP contribution in [0.25, 0.3) is 0 Å². The van der Waals surface area contributed by atoms with Crippen LogP contribution in [-0.2, 0) is 0 Å². The Morgan fingerprint density at radius 1 is 0.714 bits per heavy atom. The monoisotopic (exact) mass is 290 g/mol. The lowest BCUT2D eigenvalue weighted by atomic mass is 10.1. The minimum atomic E-state index is 0.862. The molecule has 0 radical (unpaired) electrons. The molecule has 0 atom stereocenters. The Kier molecular flexibility index (Phi) is 15.8. The summed E-state index contributed by atoms with van der Waals surface area (Å²) in [4.78, 5) is 0. The summed E-state index contributed by atoms with van der Waals surface area (Å²) in [5.74, 6) is 0.999. The van der Waals surface area contributed by atoms with Gasteiger partial charge in [-0.3, -0.25) is 0 Å². The largest absolute Gasteiger partial charge is 0.494 e. The van der Waals surface area contributed by atoms with E-state index in [2.05, 4.69) is 20.1 Å². The van der Waals surface area contributed by atoms with Crippen molar-refractivity contribution in [3.8, 4) is 5.75 Å². The summed E-state index contributed by atoms with van der Waals surface area (Å²) in [7, 11) is 0. The highest BCUT2D eigenvalue weighted by Gasteiger charge is 1.94. The van der Waals surface area contributed by atoms with Gasteiger partial charge < -0.3 is 4.74 Å². The average molecular weight is 290 g/mol. The maximum Gasteiger partial charge on any atom is 0.119 e. The second-order valence-electron chi connectivity index (χ2n) is 5.34. The Labute approximate surface area is 132 Å². The van der Waals surface area contributed by atoms with Crippen molar-refractivity contribution in [2.24, 2.45) is 0 Å². The first-order valence-electron chi connectivity index (χ1n) is 8.61. The van der Waals surface area contributed by atoms with E-state index in [0.29, 0.717) is 0 Å². The smallest absolute Gasteiger partial charge is 0.119 e. The van der Waals surface area contributed by atoms with Gasteiger partial charge in [-0.15, -0.1) is 13.2 Å². The van der Waals surface area contributed by atoms with Crippen LogP contribution >= 0.6 is 0 Å².